The Hall–Kier alpha value is -1.72. The minimum absolute atomic E-state index is 0.00630. The smallest absolute Gasteiger partial charge is 0.303 e. The second-order valence-corrected chi connectivity index (χ2v) is 9.95. The van der Waals surface area contributed by atoms with E-state index in [2.05, 4.69) is 0 Å². The van der Waals surface area contributed by atoms with Gasteiger partial charge in [-0.25, -0.2) is 0 Å². The van der Waals surface area contributed by atoms with Gasteiger partial charge in [0.2, 0.25) is 0 Å². The van der Waals surface area contributed by atoms with E-state index < -0.39 is 27.8 Å². The summed E-state index contributed by atoms with van der Waals surface area (Å²) >= 11 is 7.32. The molecule has 0 aromatic heterocycles. The van der Waals surface area contributed by atoms with Crippen molar-refractivity contribution in [1.29, 1.82) is 0 Å². The fourth-order valence-corrected chi connectivity index (χ4v) is 6.98. The number of aliphatic hydroxyl groups is 1. The van der Waals surface area contributed by atoms with Crippen molar-refractivity contribution < 1.29 is 24.2 Å². The number of fused-ring (bicyclic) bond motifs is 5. The summed E-state index contributed by atoms with van der Waals surface area (Å²) in [4.78, 5) is 34.9. The zero-order valence-corrected chi connectivity index (χ0v) is 17.8. The van der Waals surface area contributed by atoms with Crippen LogP contribution in [-0.4, -0.2) is 40.2 Å². The van der Waals surface area contributed by atoms with Crippen molar-refractivity contribution in [3.8, 4) is 0 Å². The highest BCUT2D eigenvalue weighted by Gasteiger charge is 2.68. The molecular weight excluding hydrogens is 392 g/mol. The number of halogens is 1. The number of ether oxygens (including phenoxy) is 1. The molecule has 2 fully saturated rings. The number of Topliss-reactive ketones (excluding diaryl/α,β-unsaturated/α-hetero) is 1. The van der Waals surface area contributed by atoms with Gasteiger partial charge in [0.05, 0.1) is 11.0 Å². The van der Waals surface area contributed by atoms with E-state index >= 15 is 0 Å². The predicted molar refractivity (Wildman–Crippen MR) is 108 cm³/mol. The predicted octanol–water partition coefficient (Wildman–Crippen LogP) is 3.30. The Balaban J connectivity index is 1.68. The molecule has 0 unspecified atom stereocenters. The van der Waals surface area contributed by atoms with E-state index in [1.54, 1.807) is 12.2 Å². The van der Waals surface area contributed by atoms with Gasteiger partial charge >= 0.3 is 5.97 Å². The van der Waals surface area contributed by atoms with Crippen molar-refractivity contribution in [3.63, 3.8) is 0 Å². The third-order valence-electron chi connectivity index (χ3n) is 7.93. The van der Waals surface area contributed by atoms with Gasteiger partial charge in [-0.05, 0) is 49.7 Å². The largest absolute Gasteiger partial charge is 0.457 e. The molecule has 6 atom stereocenters. The number of alkyl halides is 1. The summed E-state index contributed by atoms with van der Waals surface area (Å²) in [7, 11) is 0. The average Bonchev–Trinajstić information content (AvgIpc) is 2.98. The lowest BCUT2D eigenvalue weighted by Gasteiger charge is -2.63. The molecule has 0 bridgehead atoms. The minimum Gasteiger partial charge on any atom is -0.457 e. The first-order valence-corrected chi connectivity index (χ1v) is 10.6. The molecule has 0 spiro atoms. The van der Waals surface area contributed by atoms with Crippen molar-refractivity contribution >= 4 is 29.1 Å². The van der Waals surface area contributed by atoms with Gasteiger partial charge in [0.25, 0.3) is 0 Å². The summed E-state index contributed by atoms with van der Waals surface area (Å²) in [5, 5.41) is 11.4. The molecule has 0 saturated heterocycles. The second-order valence-electron chi connectivity index (χ2n) is 9.32. The number of ketones is 2. The van der Waals surface area contributed by atoms with E-state index in [0.717, 1.165) is 18.4 Å². The van der Waals surface area contributed by atoms with Gasteiger partial charge in [0.15, 0.2) is 18.2 Å². The molecule has 1 N–H and O–H groups in total. The number of hydrogen-bond acceptors (Lipinski definition) is 5. The Labute approximate surface area is 175 Å². The molecule has 0 heterocycles. The number of aliphatic hydroxyl groups excluding tert-OH is 1. The second kappa shape index (κ2) is 6.64. The van der Waals surface area contributed by atoms with Gasteiger partial charge in [0.1, 0.15) is 0 Å². The van der Waals surface area contributed by atoms with E-state index in [9.17, 15) is 19.5 Å². The summed E-state index contributed by atoms with van der Waals surface area (Å²) in [6.45, 7) is 5.05. The summed E-state index contributed by atoms with van der Waals surface area (Å²) < 4.78 is 4.92. The molecule has 5 nitrogen and oxygen atoms in total. The maximum absolute atomic E-state index is 12.8. The van der Waals surface area contributed by atoms with Crippen LogP contribution in [0.1, 0.15) is 46.5 Å². The molecular formula is C23H27ClO5. The van der Waals surface area contributed by atoms with Gasteiger partial charge in [-0.2, -0.15) is 0 Å². The van der Waals surface area contributed by atoms with E-state index in [1.165, 1.54) is 6.92 Å². The van der Waals surface area contributed by atoms with Crippen LogP contribution in [0.3, 0.4) is 0 Å². The number of esters is 1. The minimum atomic E-state index is -0.930. The SMILES string of the molecule is CC(=O)OCC(=O)C1=CC[C@H]2[C@@H]3CCC4=CC(=O)C=C[C@]4(C)[C@@]3(Cl)[C@@H](O)C[C@]12C. The molecule has 0 aromatic rings. The number of allylic oxidation sites excluding steroid dienone is 5. The van der Waals surface area contributed by atoms with E-state index in [4.69, 9.17) is 16.3 Å². The van der Waals surface area contributed by atoms with Gasteiger partial charge in [0, 0.05) is 23.3 Å². The molecule has 2 saturated carbocycles. The zero-order valence-electron chi connectivity index (χ0n) is 17.0. The van der Waals surface area contributed by atoms with Crippen LogP contribution in [0.2, 0.25) is 0 Å². The summed E-state index contributed by atoms with van der Waals surface area (Å²) in [6, 6.07) is 0. The molecule has 4 rings (SSSR count). The maximum Gasteiger partial charge on any atom is 0.303 e. The van der Waals surface area contributed by atoms with Crippen LogP contribution in [0.4, 0.5) is 0 Å². The van der Waals surface area contributed by atoms with Crippen LogP contribution < -0.4 is 0 Å². The first kappa shape index (κ1) is 20.5. The summed E-state index contributed by atoms with van der Waals surface area (Å²) in [5.74, 6) is -0.616. The zero-order chi connectivity index (χ0) is 21.2. The molecule has 156 valence electrons. The Morgan fingerprint density at radius 1 is 1.31 bits per heavy atom. The highest BCUT2D eigenvalue weighted by molar-refractivity contribution is 6.26. The van der Waals surface area contributed by atoms with Gasteiger partial charge in [-0.3, -0.25) is 14.4 Å². The van der Waals surface area contributed by atoms with Gasteiger partial charge in [-0.1, -0.05) is 31.6 Å². The molecule has 6 heteroatoms. The molecule has 4 aliphatic rings. The molecule has 4 aliphatic carbocycles. The highest BCUT2D eigenvalue weighted by atomic mass is 35.5. The van der Waals surface area contributed by atoms with Gasteiger partial charge < -0.3 is 9.84 Å². The Bertz CT molecular complexity index is 886. The van der Waals surface area contributed by atoms with Crippen molar-refractivity contribution in [2.24, 2.45) is 22.7 Å². The maximum atomic E-state index is 12.8. The van der Waals surface area contributed by atoms with Crippen LogP contribution in [-0.2, 0) is 19.1 Å². The third-order valence-corrected chi connectivity index (χ3v) is 8.85. The summed E-state index contributed by atoms with van der Waals surface area (Å²) in [6.07, 6.45) is 8.78. The van der Waals surface area contributed by atoms with E-state index in [0.29, 0.717) is 18.4 Å². The molecule has 0 amide bonds. The number of carbonyl (C=O) groups excluding carboxylic acids is 3. The first-order chi connectivity index (χ1) is 13.5. The number of carbonyl (C=O) groups is 3. The average molecular weight is 419 g/mol. The first-order valence-electron chi connectivity index (χ1n) is 10.2. The summed E-state index contributed by atoms with van der Waals surface area (Å²) in [5.41, 5.74) is 0.514. The molecule has 0 radical (unpaired) electrons. The normalized spacial score (nSPS) is 42.9. The standard InChI is InChI=1S/C23H27ClO5/c1-13(25)29-12-19(27)18-7-6-16-17-5-4-14-10-15(26)8-9-22(14,3)23(17,24)20(28)11-21(16,18)2/h7-10,16-17,20,28H,4-6,11-12H2,1-3H3/t16-,17-,20-,21-,22-,23-/m0/s1. The fourth-order valence-electron chi connectivity index (χ4n) is 6.46. The lowest BCUT2D eigenvalue weighted by molar-refractivity contribution is -0.145. The lowest BCUT2D eigenvalue weighted by atomic mass is 9.46. The van der Waals surface area contributed by atoms with Crippen molar-refractivity contribution in [3.05, 3.63) is 35.5 Å². The van der Waals surface area contributed by atoms with E-state index in [-0.39, 0.29) is 30.0 Å². The monoisotopic (exact) mass is 418 g/mol. The van der Waals surface area contributed by atoms with Crippen LogP contribution in [0.15, 0.2) is 35.5 Å². The van der Waals surface area contributed by atoms with Crippen LogP contribution in [0, 0.1) is 22.7 Å². The number of rotatable bonds is 3. The lowest BCUT2D eigenvalue weighted by Crippen LogP contribution is -2.65. The van der Waals surface area contributed by atoms with Crippen LogP contribution in [0.25, 0.3) is 0 Å². The van der Waals surface area contributed by atoms with E-state index in [1.807, 2.05) is 26.0 Å². The van der Waals surface area contributed by atoms with Crippen molar-refractivity contribution in [1.82, 2.24) is 0 Å². The van der Waals surface area contributed by atoms with Gasteiger partial charge in [-0.15, -0.1) is 11.6 Å². The Morgan fingerprint density at radius 3 is 2.72 bits per heavy atom. The fraction of sp³-hybridized carbons (Fsp3) is 0.609. The number of hydrogen-bond donors (Lipinski definition) is 1. The highest BCUT2D eigenvalue weighted by Crippen LogP contribution is 2.68. The molecule has 0 aromatic carbocycles. The third kappa shape index (κ3) is 2.73. The Morgan fingerprint density at radius 2 is 2.03 bits per heavy atom. The topological polar surface area (TPSA) is 80.7 Å². The quantitative estimate of drug-likeness (QED) is 0.561. The van der Waals surface area contributed by atoms with Crippen LogP contribution >= 0.6 is 11.6 Å². The molecule has 29 heavy (non-hydrogen) atoms. The van der Waals surface area contributed by atoms with Crippen molar-refractivity contribution in [2.45, 2.75) is 57.4 Å². The Kier molecular flexibility index (Phi) is 4.71. The molecule has 0 aliphatic heterocycles. The van der Waals surface area contributed by atoms with Crippen molar-refractivity contribution in [2.75, 3.05) is 6.61 Å². The van der Waals surface area contributed by atoms with Crippen LogP contribution in [0.5, 0.6) is 0 Å².